The third-order valence-electron chi connectivity index (χ3n) is 4.08. The summed E-state index contributed by atoms with van der Waals surface area (Å²) in [5, 5.41) is 11.8. The number of hydrogen-bond donors (Lipinski definition) is 3. The molecule has 4 N–H and O–H groups in total. The summed E-state index contributed by atoms with van der Waals surface area (Å²) in [6.45, 7) is 3.19. The lowest BCUT2D eigenvalue weighted by molar-refractivity contribution is 0.0992. The van der Waals surface area contributed by atoms with Gasteiger partial charge in [0.2, 0.25) is 10.0 Å². The summed E-state index contributed by atoms with van der Waals surface area (Å²) >= 11 is 1.15. The Morgan fingerprint density at radius 1 is 1.48 bits per heavy atom. The van der Waals surface area contributed by atoms with Gasteiger partial charge in [0.1, 0.15) is 4.21 Å². The van der Waals surface area contributed by atoms with Gasteiger partial charge in [0.15, 0.2) is 5.96 Å². The maximum absolute atomic E-state index is 11.3. The van der Waals surface area contributed by atoms with Crippen LogP contribution in [0.4, 0.5) is 0 Å². The van der Waals surface area contributed by atoms with E-state index in [1.807, 2.05) is 6.92 Å². The van der Waals surface area contributed by atoms with Crippen LogP contribution in [0, 0.1) is 0 Å². The van der Waals surface area contributed by atoms with Crippen molar-refractivity contribution in [1.29, 1.82) is 0 Å². The van der Waals surface area contributed by atoms with E-state index in [1.54, 1.807) is 6.07 Å². The van der Waals surface area contributed by atoms with E-state index in [-0.39, 0.29) is 10.3 Å². The Hall–Kier alpha value is -1.16. The van der Waals surface area contributed by atoms with E-state index in [0.717, 1.165) is 48.0 Å². The largest absolute Gasteiger partial charge is 0.373 e. The van der Waals surface area contributed by atoms with E-state index >= 15 is 0 Å². The Balaban J connectivity index is 1.63. The molecule has 2 fully saturated rings. The Morgan fingerprint density at radius 3 is 2.87 bits per heavy atom. The van der Waals surface area contributed by atoms with Crippen molar-refractivity contribution in [2.75, 3.05) is 6.54 Å². The third-order valence-corrected chi connectivity index (χ3v) is 6.59. The average molecular weight is 358 g/mol. The molecule has 3 unspecified atom stereocenters. The molecule has 0 spiro atoms. The standard InChI is InChI=1S/C14H22N4O3S2/c1-2-16-14(18-11-7-9-3-5-12(11)21-9)17-8-10-4-6-13(22-10)23(15,19)20/h4,6,9,11-12H,2-3,5,7-8H2,1H3,(H2,15,19,20)(H2,16,17,18). The minimum absolute atomic E-state index is 0.169. The van der Waals surface area contributed by atoms with Crippen LogP contribution in [-0.4, -0.2) is 39.2 Å². The van der Waals surface area contributed by atoms with Crippen LogP contribution < -0.4 is 15.8 Å². The first-order valence-corrected chi connectivity index (χ1v) is 10.1. The summed E-state index contributed by atoms with van der Waals surface area (Å²) in [5.74, 6) is 0.735. The number of sulfonamides is 1. The van der Waals surface area contributed by atoms with Gasteiger partial charge < -0.3 is 15.4 Å². The zero-order chi connectivity index (χ0) is 16.4. The Bertz CT molecular complexity index is 686. The number of nitrogens with zero attached hydrogens (tertiary/aromatic N) is 1. The van der Waals surface area contributed by atoms with Crippen LogP contribution >= 0.6 is 11.3 Å². The molecule has 23 heavy (non-hydrogen) atoms. The van der Waals surface area contributed by atoms with Crippen molar-refractivity contribution in [3.05, 3.63) is 17.0 Å². The van der Waals surface area contributed by atoms with Crippen molar-refractivity contribution in [2.24, 2.45) is 10.1 Å². The predicted octanol–water partition coefficient (Wildman–Crippen LogP) is 0.771. The fourth-order valence-corrected chi connectivity index (χ4v) is 4.74. The van der Waals surface area contributed by atoms with Crippen molar-refractivity contribution in [2.45, 2.75) is 55.2 Å². The number of guanidine groups is 1. The number of thiophene rings is 1. The molecule has 2 aliphatic rings. The number of ether oxygens (including phenoxy) is 1. The summed E-state index contributed by atoms with van der Waals surface area (Å²) in [6, 6.07) is 3.57. The highest BCUT2D eigenvalue weighted by Crippen LogP contribution is 2.34. The average Bonchev–Trinajstić information content (AvgIpc) is 3.20. The SMILES string of the molecule is CCNC(=NCc1ccc(S(N)(=O)=O)s1)NC1CC2CCC1O2. The lowest BCUT2D eigenvalue weighted by atomic mass is 9.96. The minimum Gasteiger partial charge on any atom is -0.373 e. The smallest absolute Gasteiger partial charge is 0.247 e. The highest BCUT2D eigenvalue weighted by molar-refractivity contribution is 7.91. The van der Waals surface area contributed by atoms with Crippen molar-refractivity contribution in [3.63, 3.8) is 0 Å². The molecule has 9 heteroatoms. The molecule has 128 valence electrons. The van der Waals surface area contributed by atoms with Gasteiger partial charge in [-0.3, -0.25) is 0 Å². The van der Waals surface area contributed by atoms with E-state index in [0.29, 0.717) is 18.7 Å². The second-order valence-corrected chi connectivity index (χ2v) is 8.78. The molecular weight excluding hydrogens is 336 g/mol. The maximum atomic E-state index is 11.3. The Labute approximate surface area is 140 Å². The van der Waals surface area contributed by atoms with Crippen LogP contribution in [0.5, 0.6) is 0 Å². The minimum atomic E-state index is -3.63. The van der Waals surface area contributed by atoms with Gasteiger partial charge >= 0.3 is 0 Å². The number of fused-ring (bicyclic) bond motifs is 2. The van der Waals surface area contributed by atoms with Crippen LogP contribution in [0.3, 0.4) is 0 Å². The molecule has 0 saturated carbocycles. The molecule has 1 aromatic rings. The van der Waals surface area contributed by atoms with E-state index < -0.39 is 10.0 Å². The van der Waals surface area contributed by atoms with E-state index in [2.05, 4.69) is 15.6 Å². The van der Waals surface area contributed by atoms with Crippen molar-refractivity contribution in [1.82, 2.24) is 10.6 Å². The number of nitrogens with one attached hydrogen (secondary N) is 2. The molecule has 0 radical (unpaired) electrons. The lowest BCUT2D eigenvalue weighted by Gasteiger charge is -2.22. The molecule has 2 aliphatic heterocycles. The van der Waals surface area contributed by atoms with Gasteiger partial charge in [-0.15, -0.1) is 11.3 Å². The molecular formula is C14H22N4O3S2. The first-order chi connectivity index (χ1) is 11.0. The number of aliphatic imine (C=N–C) groups is 1. The van der Waals surface area contributed by atoms with Gasteiger partial charge in [-0.05, 0) is 38.3 Å². The number of hydrogen-bond acceptors (Lipinski definition) is 5. The maximum Gasteiger partial charge on any atom is 0.247 e. The first-order valence-electron chi connectivity index (χ1n) is 7.77. The zero-order valence-corrected chi connectivity index (χ0v) is 14.6. The van der Waals surface area contributed by atoms with Crippen molar-refractivity contribution in [3.8, 4) is 0 Å². The number of primary sulfonamides is 1. The van der Waals surface area contributed by atoms with Crippen LogP contribution in [0.2, 0.25) is 0 Å². The Morgan fingerprint density at radius 2 is 2.30 bits per heavy atom. The lowest BCUT2D eigenvalue weighted by Crippen LogP contribution is -2.47. The predicted molar refractivity (Wildman–Crippen MR) is 89.9 cm³/mol. The van der Waals surface area contributed by atoms with Gasteiger partial charge in [-0.2, -0.15) is 0 Å². The fraction of sp³-hybridized carbons (Fsp3) is 0.643. The molecule has 0 amide bonds. The van der Waals surface area contributed by atoms with E-state index in [9.17, 15) is 8.42 Å². The molecule has 3 heterocycles. The first kappa shape index (κ1) is 16.7. The molecule has 0 aliphatic carbocycles. The number of nitrogens with two attached hydrogens (primary N) is 1. The van der Waals surface area contributed by atoms with Crippen molar-refractivity contribution < 1.29 is 13.2 Å². The number of rotatable bonds is 5. The van der Waals surface area contributed by atoms with Crippen LogP contribution in [0.1, 0.15) is 31.1 Å². The van der Waals surface area contributed by atoms with Gasteiger partial charge in [-0.1, -0.05) is 0 Å². The van der Waals surface area contributed by atoms with Crippen molar-refractivity contribution >= 4 is 27.3 Å². The Kier molecular flexibility index (Phi) is 4.90. The van der Waals surface area contributed by atoms with Crippen LogP contribution in [0.25, 0.3) is 0 Å². The molecule has 3 atom stereocenters. The van der Waals surface area contributed by atoms with E-state index in [4.69, 9.17) is 9.88 Å². The second-order valence-electron chi connectivity index (χ2n) is 5.82. The zero-order valence-electron chi connectivity index (χ0n) is 13.0. The summed E-state index contributed by atoms with van der Waals surface area (Å²) < 4.78 is 28.6. The summed E-state index contributed by atoms with van der Waals surface area (Å²) in [7, 11) is -3.63. The summed E-state index contributed by atoms with van der Waals surface area (Å²) in [5.41, 5.74) is 0. The quantitative estimate of drug-likeness (QED) is 0.532. The normalized spacial score (nSPS) is 27.4. The van der Waals surface area contributed by atoms with Gasteiger partial charge in [0.25, 0.3) is 0 Å². The van der Waals surface area contributed by atoms with Crippen LogP contribution in [0.15, 0.2) is 21.3 Å². The molecule has 2 bridgehead atoms. The monoisotopic (exact) mass is 358 g/mol. The third kappa shape index (κ3) is 4.03. The second kappa shape index (κ2) is 6.76. The fourth-order valence-electron chi connectivity index (χ4n) is 3.04. The molecule has 0 aromatic carbocycles. The van der Waals surface area contributed by atoms with Gasteiger partial charge in [0.05, 0.1) is 24.8 Å². The molecule has 3 rings (SSSR count). The van der Waals surface area contributed by atoms with Gasteiger partial charge in [-0.25, -0.2) is 18.5 Å². The topological polar surface area (TPSA) is 106 Å². The summed E-state index contributed by atoms with van der Waals surface area (Å²) in [4.78, 5) is 5.40. The molecule has 7 nitrogen and oxygen atoms in total. The highest BCUT2D eigenvalue weighted by Gasteiger charge is 2.41. The summed E-state index contributed by atoms with van der Waals surface area (Å²) in [6.07, 6.45) is 3.94. The molecule has 1 aromatic heterocycles. The molecule has 2 saturated heterocycles. The highest BCUT2D eigenvalue weighted by atomic mass is 32.2. The van der Waals surface area contributed by atoms with Gasteiger partial charge in [0, 0.05) is 11.4 Å². The van der Waals surface area contributed by atoms with Crippen LogP contribution in [-0.2, 0) is 21.3 Å². The van der Waals surface area contributed by atoms with E-state index in [1.165, 1.54) is 6.07 Å².